The fraction of sp³-hybridized carbons (Fsp3) is 0.600. The van der Waals surface area contributed by atoms with Crippen molar-refractivity contribution in [2.45, 2.75) is 121 Å². The quantitative estimate of drug-likeness (QED) is 0.0815. The van der Waals surface area contributed by atoms with Crippen LogP contribution in [0.5, 0.6) is 0 Å². The van der Waals surface area contributed by atoms with Crippen LogP contribution in [0.25, 0.3) is 11.3 Å². The van der Waals surface area contributed by atoms with Gasteiger partial charge in [0.15, 0.2) is 0 Å². The number of fused-ring (bicyclic) bond motifs is 1. The Hall–Kier alpha value is -4.61. The molecule has 5 amide bonds. The molecule has 16 nitrogen and oxygen atoms in total. The van der Waals surface area contributed by atoms with Crippen molar-refractivity contribution in [2.75, 3.05) is 25.0 Å². The second-order valence-electron chi connectivity index (χ2n) is 16.0. The van der Waals surface area contributed by atoms with E-state index in [1.54, 1.807) is 11.1 Å². The van der Waals surface area contributed by atoms with Crippen LogP contribution < -0.4 is 21.3 Å². The number of nitrogens with zero attached hydrogens (tertiary/aromatic N) is 6. The molecule has 5 heterocycles. The Morgan fingerprint density at radius 2 is 1.81 bits per heavy atom. The van der Waals surface area contributed by atoms with Gasteiger partial charge in [-0.1, -0.05) is 30.9 Å². The van der Waals surface area contributed by atoms with E-state index in [0.29, 0.717) is 60.1 Å². The van der Waals surface area contributed by atoms with E-state index in [0.717, 1.165) is 85.9 Å². The predicted octanol–water partition coefficient (Wildman–Crippen LogP) is 4.87. The molecule has 18 heteroatoms. The fourth-order valence-corrected chi connectivity index (χ4v) is 9.53. The van der Waals surface area contributed by atoms with Crippen LogP contribution in [0, 0.1) is 5.92 Å². The van der Waals surface area contributed by atoms with E-state index in [1.165, 1.54) is 29.1 Å². The number of unbranched alkanes of at least 4 members (excludes halogenated alkanes) is 4. The van der Waals surface area contributed by atoms with Crippen LogP contribution in [-0.4, -0.2) is 102 Å². The molecule has 2 aliphatic heterocycles. The molecule has 1 unspecified atom stereocenters. The van der Waals surface area contributed by atoms with Crippen molar-refractivity contribution < 1.29 is 29.1 Å². The number of anilines is 1. The maximum Gasteiger partial charge on any atom is 0.407 e. The standard InChI is InChI=1S/C40H53ClN10O6S/c1-49-32(17-24-7-8-24)29(20-45-49)35-30(41)21-44-39(48-35)46-26-9-11-27(12-10-26)50(40(56)57)16-6-4-2-3-5-15-42-22-34(53)43-19-28-18-25-23-51(38(55)36(25)58-28)31-13-14-33(52)47-37(31)54/h18,20-21,24,26-27,31,42H,2-17,19,22-23H2,1H3,(H,43,53)(H,56,57)(H,44,46,48)(H,47,52,54)/t26-,27-,31?. The zero-order valence-corrected chi connectivity index (χ0v) is 34.5. The number of hydrogen-bond acceptors (Lipinski definition) is 11. The Balaban J connectivity index is 0.740. The first-order valence-electron chi connectivity index (χ1n) is 20.6. The molecule has 1 saturated heterocycles. The zero-order chi connectivity index (χ0) is 40.8. The van der Waals surface area contributed by atoms with Crippen LogP contribution >= 0.6 is 22.9 Å². The third-order valence-electron chi connectivity index (χ3n) is 11.7. The molecule has 3 aromatic rings. The van der Waals surface area contributed by atoms with Gasteiger partial charge in [0.25, 0.3) is 5.91 Å². The van der Waals surface area contributed by atoms with Crippen molar-refractivity contribution >= 4 is 58.6 Å². The fourth-order valence-electron chi connectivity index (χ4n) is 8.27. The minimum absolute atomic E-state index is 0.00786. The lowest BCUT2D eigenvalue weighted by molar-refractivity contribution is -0.137. The summed E-state index contributed by atoms with van der Waals surface area (Å²) in [5.74, 6) is 0.143. The maximum atomic E-state index is 12.9. The van der Waals surface area contributed by atoms with Gasteiger partial charge in [-0.25, -0.2) is 14.8 Å². The van der Waals surface area contributed by atoms with Crippen molar-refractivity contribution in [1.82, 2.24) is 45.5 Å². The molecule has 4 aliphatic rings. The number of carbonyl (C=O) groups is 5. The van der Waals surface area contributed by atoms with E-state index in [1.807, 2.05) is 24.0 Å². The second kappa shape index (κ2) is 19.0. The summed E-state index contributed by atoms with van der Waals surface area (Å²) in [5, 5.41) is 26.9. The van der Waals surface area contributed by atoms with Crippen LogP contribution in [0.15, 0.2) is 18.5 Å². The van der Waals surface area contributed by atoms with Crippen LogP contribution in [0.3, 0.4) is 0 Å². The third-order valence-corrected chi connectivity index (χ3v) is 13.1. The van der Waals surface area contributed by atoms with Gasteiger partial charge in [0.2, 0.25) is 23.7 Å². The largest absolute Gasteiger partial charge is 0.465 e. The molecule has 2 saturated carbocycles. The van der Waals surface area contributed by atoms with Crippen molar-refractivity contribution in [2.24, 2.45) is 13.0 Å². The van der Waals surface area contributed by atoms with Gasteiger partial charge in [-0.2, -0.15) is 5.10 Å². The van der Waals surface area contributed by atoms with Gasteiger partial charge in [0.1, 0.15) is 6.04 Å². The number of thiophene rings is 1. The summed E-state index contributed by atoms with van der Waals surface area (Å²) in [6.45, 7) is 2.07. The minimum atomic E-state index is -0.865. The number of nitrogens with one attached hydrogen (secondary N) is 4. The maximum absolute atomic E-state index is 12.9. The van der Waals surface area contributed by atoms with Crippen molar-refractivity contribution in [3.05, 3.63) is 44.5 Å². The number of halogens is 1. The van der Waals surface area contributed by atoms with E-state index in [9.17, 15) is 29.1 Å². The summed E-state index contributed by atoms with van der Waals surface area (Å²) >= 11 is 7.89. The van der Waals surface area contributed by atoms with Gasteiger partial charge in [-0.15, -0.1) is 11.3 Å². The zero-order valence-electron chi connectivity index (χ0n) is 32.9. The number of hydrogen-bond donors (Lipinski definition) is 5. The van der Waals surface area contributed by atoms with E-state index in [4.69, 9.17) is 16.6 Å². The minimum Gasteiger partial charge on any atom is -0.465 e. The van der Waals surface area contributed by atoms with Gasteiger partial charge in [0.05, 0.1) is 41.1 Å². The molecule has 0 bridgehead atoms. The van der Waals surface area contributed by atoms with E-state index >= 15 is 0 Å². The molecule has 0 radical (unpaired) electrons. The Morgan fingerprint density at radius 3 is 2.55 bits per heavy atom. The number of amides is 5. The molecule has 5 N–H and O–H groups in total. The van der Waals surface area contributed by atoms with Gasteiger partial charge in [-0.3, -0.25) is 29.2 Å². The molecule has 58 heavy (non-hydrogen) atoms. The van der Waals surface area contributed by atoms with Crippen LogP contribution in [0.2, 0.25) is 5.02 Å². The summed E-state index contributed by atoms with van der Waals surface area (Å²) in [5.41, 5.74) is 3.61. The highest BCUT2D eigenvalue weighted by atomic mass is 35.5. The van der Waals surface area contributed by atoms with Crippen molar-refractivity contribution in [3.8, 4) is 11.3 Å². The number of rotatable bonds is 19. The van der Waals surface area contributed by atoms with E-state index in [2.05, 4.69) is 31.3 Å². The summed E-state index contributed by atoms with van der Waals surface area (Å²) in [6, 6.07) is 1.41. The first-order chi connectivity index (χ1) is 28.0. The van der Waals surface area contributed by atoms with Gasteiger partial charge in [0, 0.05) is 54.8 Å². The second-order valence-corrected chi connectivity index (χ2v) is 17.5. The monoisotopic (exact) mass is 836 g/mol. The van der Waals surface area contributed by atoms with Crippen LogP contribution in [0.4, 0.5) is 10.7 Å². The average molecular weight is 837 g/mol. The number of carbonyl (C=O) groups excluding carboxylic acids is 4. The number of piperidine rings is 1. The molecule has 0 spiro atoms. The summed E-state index contributed by atoms with van der Waals surface area (Å²) in [4.78, 5) is 75.2. The van der Waals surface area contributed by atoms with Crippen LogP contribution in [-0.2, 0) is 40.9 Å². The van der Waals surface area contributed by atoms with Crippen LogP contribution in [0.1, 0.15) is 109 Å². The molecule has 1 atom stereocenters. The Morgan fingerprint density at radius 1 is 1.03 bits per heavy atom. The molecule has 3 fully saturated rings. The summed E-state index contributed by atoms with van der Waals surface area (Å²) < 4.78 is 1.91. The topological polar surface area (TPSA) is 204 Å². The van der Waals surface area contributed by atoms with Gasteiger partial charge in [-0.05, 0) is 88.3 Å². The molecule has 2 aliphatic carbocycles. The lowest BCUT2D eigenvalue weighted by atomic mass is 9.90. The molecule has 7 rings (SSSR count). The molecule has 312 valence electrons. The normalized spacial score (nSPS) is 20.6. The van der Waals surface area contributed by atoms with Gasteiger partial charge < -0.3 is 30.9 Å². The SMILES string of the molecule is Cn1ncc(-c2nc(N[C@H]3CC[C@H](N(CCCCCCCNCC(=O)NCc4cc5c(s4)C(=O)N(C4CCC(=O)NC4=O)C5)C(=O)O)CC3)ncc2Cl)c1CC1CC1. The predicted molar refractivity (Wildman–Crippen MR) is 218 cm³/mol. The number of aryl methyl sites for hydroxylation is 1. The lowest BCUT2D eigenvalue weighted by Crippen LogP contribution is -2.52. The third kappa shape index (κ3) is 10.3. The molecule has 3 aromatic heterocycles. The smallest absolute Gasteiger partial charge is 0.407 e. The van der Waals surface area contributed by atoms with E-state index < -0.39 is 18.0 Å². The molecular formula is C40H53ClN10O6S. The van der Waals surface area contributed by atoms with Crippen molar-refractivity contribution in [1.29, 1.82) is 0 Å². The highest BCUT2D eigenvalue weighted by molar-refractivity contribution is 7.14. The average Bonchev–Trinajstić information content (AvgIpc) is 3.71. The Kier molecular flexibility index (Phi) is 13.6. The first kappa shape index (κ1) is 41.5. The summed E-state index contributed by atoms with van der Waals surface area (Å²) in [7, 11) is 1.95. The number of imide groups is 1. The summed E-state index contributed by atoms with van der Waals surface area (Å²) in [6.07, 6.45) is 14.4. The highest BCUT2D eigenvalue weighted by Gasteiger charge is 2.40. The van der Waals surface area contributed by atoms with Crippen molar-refractivity contribution in [3.63, 3.8) is 0 Å². The lowest BCUT2D eigenvalue weighted by Gasteiger charge is -2.35. The first-order valence-corrected chi connectivity index (χ1v) is 21.8. The molecular weight excluding hydrogens is 784 g/mol. The number of carboxylic acid groups (broad SMARTS) is 1. The Labute approximate surface area is 346 Å². The highest BCUT2D eigenvalue weighted by Crippen LogP contribution is 2.37. The Bertz CT molecular complexity index is 1990. The number of aromatic nitrogens is 4. The van der Waals surface area contributed by atoms with E-state index in [-0.39, 0.29) is 42.8 Å². The van der Waals surface area contributed by atoms with Gasteiger partial charge >= 0.3 is 6.09 Å². The molecule has 0 aromatic carbocycles.